The van der Waals surface area contributed by atoms with Gasteiger partial charge in [0, 0.05) is 32.6 Å². The monoisotopic (exact) mass is 354 g/mol. The number of benzene rings is 1. The average Bonchev–Trinajstić information content (AvgIpc) is 3.00. The van der Waals surface area contributed by atoms with E-state index < -0.39 is 6.04 Å². The zero-order valence-electron chi connectivity index (χ0n) is 13.4. The van der Waals surface area contributed by atoms with Gasteiger partial charge >= 0.3 is 0 Å². The summed E-state index contributed by atoms with van der Waals surface area (Å²) >= 11 is 0. The third-order valence-electron chi connectivity index (χ3n) is 4.01. The molecule has 24 heavy (non-hydrogen) atoms. The lowest BCUT2D eigenvalue weighted by Gasteiger charge is -2.31. The number of aromatic nitrogens is 4. The zero-order chi connectivity index (χ0) is 16.2. The van der Waals surface area contributed by atoms with Gasteiger partial charge in [0.1, 0.15) is 17.7 Å². The molecule has 2 aromatic rings. The molecule has 7 nitrogen and oxygen atoms in total. The van der Waals surface area contributed by atoms with Crippen LogP contribution in [0, 0.1) is 12.7 Å². The SMILES string of the molecule is Cc1nnnn1C(Cc1ccc(F)cc1)C(=O)N1CCNCC1.Cl. The van der Waals surface area contributed by atoms with Crippen LogP contribution in [-0.4, -0.2) is 57.2 Å². The normalized spacial score (nSPS) is 15.7. The van der Waals surface area contributed by atoms with Gasteiger partial charge in [-0.15, -0.1) is 17.5 Å². The number of nitrogens with one attached hydrogen (secondary N) is 1. The van der Waals surface area contributed by atoms with Gasteiger partial charge in [0.2, 0.25) is 5.91 Å². The summed E-state index contributed by atoms with van der Waals surface area (Å²) < 4.78 is 14.6. The number of halogens is 2. The lowest BCUT2D eigenvalue weighted by atomic mass is 10.0. The molecule has 1 saturated heterocycles. The summed E-state index contributed by atoms with van der Waals surface area (Å²) in [4.78, 5) is 14.8. The number of piperazine rings is 1. The van der Waals surface area contributed by atoms with E-state index in [0.29, 0.717) is 25.3 Å². The van der Waals surface area contributed by atoms with Crippen molar-refractivity contribution in [2.24, 2.45) is 0 Å². The molecule has 1 aliphatic rings. The van der Waals surface area contributed by atoms with Gasteiger partial charge in [-0.2, -0.15) is 0 Å². The molecule has 1 aromatic heterocycles. The number of amides is 1. The molecule has 0 saturated carbocycles. The maximum atomic E-state index is 13.1. The molecule has 1 atom stereocenters. The highest BCUT2D eigenvalue weighted by molar-refractivity contribution is 5.85. The predicted molar refractivity (Wildman–Crippen MR) is 88.4 cm³/mol. The summed E-state index contributed by atoms with van der Waals surface area (Å²) in [7, 11) is 0. The fourth-order valence-electron chi connectivity index (χ4n) is 2.74. The molecular formula is C15H20ClFN6O. The minimum atomic E-state index is -0.520. The van der Waals surface area contributed by atoms with E-state index in [1.165, 1.54) is 12.1 Å². The van der Waals surface area contributed by atoms with Crippen molar-refractivity contribution in [1.82, 2.24) is 30.4 Å². The smallest absolute Gasteiger partial charge is 0.248 e. The predicted octanol–water partition coefficient (Wildman–Crippen LogP) is 0.758. The van der Waals surface area contributed by atoms with Gasteiger partial charge in [0.15, 0.2) is 0 Å². The lowest BCUT2D eigenvalue weighted by Crippen LogP contribution is -2.49. The molecule has 1 aliphatic heterocycles. The van der Waals surface area contributed by atoms with Crippen LogP contribution in [0.1, 0.15) is 17.4 Å². The Bertz CT molecular complexity index is 671. The molecule has 2 heterocycles. The number of carbonyl (C=O) groups is 1. The van der Waals surface area contributed by atoms with E-state index in [9.17, 15) is 9.18 Å². The van der Waals surface area contributed by atoms with E-state index in [-0.39, 0.29) is 24.1 Å². The number of aryl methyl sites for hydroxylation is 1. The molecule has 1 amide bonds. The van der Waals surface area contributed by atoms with Crippen LogP contribution in [0.3, 0.4) is 0 Å². The van der Waals surface area contributed by atoms with Crippen LogP contribution < -0.4 is 5.32 Å². The van der Waals surface area contributed by atoms with E-state index >= 15 is 0 Å². The van der Waals surface area contributed by atoms with Crippen molar-refractivity contribution in [3.63, 3.8) is 0 Å². The van der Waals surface area contributed by atoms with Crippen LogP contribution in [-0.2, 0) is 11.2 Å². The van der Waals surface area contributed by atoms with Crippen LogP contribution in [0.4, 0.5) is 4.39 Å². The Balaban J connectivity index is 0.00000208. The van der Waals surface area contributed by atoms with Crippen molar-refractivity contribution in [2.75, 3.05) is 26.2 Å². The van der Waals surface area contributed by atoms with E-state index in [0.717, 1.165) is 18.7 Å². The fraction of sp³-hybridized carbons (Fsp3) is 0.467. The third kappa shape index (κ3) is 4.07. The highest BCUT2D eigenvalue weighted by Gasteiger charge is 2.29. The summed E-state index contributed by atoms with van der Waals surface area (Å²) in [6.07, 6.45) is 0.426. The number of hydrogen-bond acceptors (Lipinski definition) is 5. The number of rotatable bonds is 4. The van der Waals surface area contributed by atoms with Crippen molar-refractivity contribution in [3.8, 4) is 0 Å². The molecule has 0 bridgehead atoms. The van der Waals surface area contributed by atoms with Crippen molar-refractivity contribution >= 4 is 18.3 Å². The lowest BCUT2D eigenvalue weighted by molar-refractivity contribution is -0.135. The van der Waals surface area contributed by atoms with Crippen LogP contribution in [0.25, 0.3) is 0 Å². The Hall–Kier alpha value is -2.06. The molecular weight excluding hydrogens is 335 g/mol. The van der Waals surface area contributed by atoms with Crippen molar-refractivity contribution in [3.05, 3.63) is 41.5 Å². The summed E-state index contributed by atoms with van der Waals surface area (Å²) in [5.74, 6) is 0.282. The number of nitrogens with zero attached hydrogens (tertiary/aromatic N) is 5. The minimum Gasteiger partial charge on any atom is -0.338 e. The van der Waals surface area contributed by atoms with Gasteiger partial charge in [0.25, 0.3) is 0 Å². The molecule has 1 aromatic carbocycles. The van der Waals surface area contributed by atoms with Crippen molar-refractivity contribution < 1.29 is 9.18 Å². The minimum absolute atomic E-state index is 0. The van der Waals surface area contributed by atoms with Crippen molar-refractivity contribution in [2.45, 2.75) is 19.4 Å². The molecule has 3 rings (SSSR count). The highest BCUT2D eigenvalue weighted by atomic mass is 35.5. The van der Waals surface area contributed by atoms with Crippen LogP contribution in [0.5, 0.6) is 0 Å². The first-order valence-electron chi connectivity index (χ1n) is 7.63. The number of hydrogen-bond donors (Lipinski definition) is 1. The largest absolute Gasteiger partial charge is 0.338 e. The van der Waals surface area contributed by atoms with Gasteiger partial charge in [0.05, 0.1) is 0 Å². The van der Waals surface area contributed by atoms with Crippen LogP contribution >= 0.6 is 12.4 Å². The second kappa shape index (κ2) is 8.16. The zero-order valence-corrected chi connectivity index (χ0v) is 14.2. The topological polar surface area (TPSA) is 75.9 Å². The Kier molecular flexibility index (Phi) is 6.22. The van der Waals surface area contributed by atoms with Crippen LogP contribution in [0.2, 0.25) is 0 Å². The summed E-state index contributed by atoms with van der Waals surface area (Å²) in [6.45, 7) is 4.66. The maximum Gasteiger partial charge on any atom is 0.248 e. The summed E-state index contributed by atoms with van der Waals surface area (Å²) in [5, 5.41) is 14.7. The van der Waals surface area contributed by atoms with Gasteiger partial charge in [-0.05, 0) is 35.0 Å². The first-order valence-corrected chi connectivity index (χ1v) is 7.63. The quantitative estimate of drug-likeness (QED) is 0.877. The van der Waals surface area contributed by atoms with Crippen molar-refractivity contribution in [1.29, 1.82) is 0 Å². The standard InChI is InChI=1S/C15H19FN6O.ClH/c1-11-18-19-20-22(11)14(10-12-2-4-13(16)5-3-12)15(23)21-8-6-17-7-9-21;/h2-5,14,17H,6-10H2,1H3;1H. The third-order valence-corrected chi connectivity index (χ3v) is 4.01. The molecule has 130 valence electrons. The molecule has 0 aliphatic carbocycles. The van der Waals surface area contributed by atoms with E-state index in [1.54, 1.807) is 23.7 Å². The van der Waals surface area contributed by atoms with E-state index in [2.05, 4.69) is 20.8 Å². The molecule has 1 unspecified atom stereocenters. The van der Waals surface area contributed by atoms with Crippen LogP contribution in [0.15, 0.2) is 24.3 Å². The molecule has 1 fully saturated rings. The first kappa shape index (κ1) is 18.3. The first-order chi connectivity index (χ1) is 11.1. The summed E-state index contributed by atoms with van der Waals surface area (Å²) in [5.41, 5.74) is 0.870. The highest BCUT2D eigenvalue weighted by Crippen LogP contribution is 2.18. The van der Waals surface area contributed by atoms with E-state index in [4.69, 9.17) is 0 Å². The average molecular weight is 355 g/mol. The second-order valence-corrected chi connectivity index (χ2v) is 5.59. The van der Waals surface area contributed by atoms with E-state index in [1.807, 2.05) is 4.90 Å². The number of carbonyl (C=O) groups excluding carboxylic acids is 1. The Labute approximate surface area is 145 Å². The van der Waals surface area contributed by atoms with Gasteiger partial charge in [-0.1, -0.05) is 12.1 Å². The molecule has 0 spiro atoms. The molecule has 1 N–H and O–H groups in total. The maximum absolute atomic E-state index is 13.1. The van der Waals surface area contributed by atoms with Gasteiger partial charge < -0.3 is 10.2 Å². The molecule has 9 heteroatoms. The summed E-state index contributed by atoms with van der Waals surface area (Å²) in [6, 6.07) is 5.65. The van der Waals surface area contributed by atoms with Gasteiger partial charge in [-0.25, -0.2) is 9.07 Å². The second-order valence-electron chi connectivity index (χ2n) is 5.59. The Morgan fingerprint density at radius 1 is 1.29 bits per heavy atom. The number of tetrazole rings is 1. The Morgan fingerprint density at radius 3 is 2.54 bits per heavy atom. The molecule has 0 radical (unpaired) electrons. The van der Waals surface area contributed by atoms with Gasteiger partial charge in [-0.3, -0.25) is 4.79 Å². The fourth-order valence-corrected chi connectivity index (χ4v) is 2.74. The Morgan fingerprint density at radius 2 is 1.96 bits per heavy atom.